The summed E-state index contributed by atoms with van der Waals surface area (Å²) in [5.41, 5.74) is 5.01. The first kappa shape index (κ1) is 12.0. The van der Waals surface area contributed by atoms with Crippen LogP contribution in [0.3, 0.4) is 0 Å². The molecule has 1 nitrogen and oxygen atoms in total. The number of benzene rings is 1. The molecule has 0 unspecified atom stereocenters. The maximum Gasteiger partial charge on any atom is 0.141 e. The highest BCUT2D eigenvalue weighted by Crippen LogP contribution is 2.56. The summed E-state index contributed by atoms with van der Waals surface area (Å²) in [7, 11) is 0. The van der Waals surface area contributed by atoms with Crippen molar-refractivity contribution in [2.45, 2.75) is 12.1 Å². The highest BCUT2D eigenvalue weighted by atomic mass is 79.9. The van der Waals surface area contributed by atoms with Crippen molar-refractivity contribution in [3.63, 3.8) is 0 Å². The summed E-state index contributed by atoms with van der Waals surface area (Å²) < 4.78 is 14.9. The predicted octanol–water partition coefficient (Wildman–Crippen LogP) is 3.01. The van der Waals surface area contributed by atoms with E-state index < -0.39 is 5.67 Å². The van der Waals surface area contributed by atoms with Crippen molar-refractivity contribution in [1.29, 1.82) is 0 Å². The predicted molar refractivity (Wildman–Crippen MR) is 61.3 cm³/mol. The van der Waals surface area contributed by atoms with Gasteiger partial charge in [0.05, 0.1) is 0 Å². The Kier molecular flexibility index (Phi) is 3.56. The van der Waals surface area contributed by atoms with E-state index in [9.17, 15) is 4.39 Å². The van der Waals surface area contributed by atoms with Crippen LogP contribution in [-0.2, 0) is 5.67 Å². The Hall–Kier alpha value is -0.120. The molecule has 0 spiro atoms. The van der Waals surface area contributed by atoms with Gasteiger partial charge in [0, 0.05) is 16.0 Å². The monoisotopic (exact) mass is 279 g/mol. The fraction of sp³-hybridized carbons (Fsp3) is 0.400. The van der Waals surface area contributed by atoms with E-state index in [1.807, 2.05) is 24.3 Å². The molecule has 14 heavy (non-hydrogen) atoms. The van der Waals surface area contributed by atoms with Gasteiger partial charge in [-0.25, -0.2) is 4.39 Å². The van der Waals surface area contributed by atoms with Gasteiger partial charge in [-0.3, -0.25) is 0 Å². The summed E-state index contributed by atoms with van der Waals surface area (Å²) in [6.07, 6.45) is 0.562. The van der Waals surface area contributed by atoms with Crippen LogP contribution in [0.15, 0.2) is 28.7 Å². The van der Waals surface area contributed by atoms with Crippen molar-refractivity contribution >= 4 is 28.3 Å². The second-order valence-electron chi connectivity index (χ2n) is 3.48. The Morgan fingerprint density at radius 2 is 2.14 bits per heavy atom. The number of halogens is 3. The first-order valence-electron chi connectivity index (χ1n) is 4.32. The Morgan fingerprint density at radius 1 is 1.50 bits per heavy atom. The molecule has 2 atom stereocenters. The molecule has 0 amide bonds. The molecule has 0 aromatic heterocycles. The summed E-state index contributed by atoms with van der Waals surface area (Å²) in [5.74, 6) is 0.00574. The standard InChI is InChI=1S/C10H11BrFN.ClH/c11-9-4-2-1-3-8(9)10(12)5-7(10)6-13;/h1-4,7H,5-6,13H2;1H/t7-,10-;/m0./s1. The SMILES string of the molecule is Cl.NC[C@@H]1C[C@@]1(F)c1ccccc1Br. The van der Waals surface area contributed by atoms with E-state index in [0.29, 0.717) is 13.0 Å². The number of alkyl halides is 1. The molecule has 1 aromatic carbocycles. The van der Waals surface area contributed by atoms with Crippen LogP contribution in [0.4, 0.5) is 4.39 Å². The summed E-state index contributed by atoms with van der Waals surface area (Å²) in [4.78, 5) is 0. The van der Waals surface area contributed by atoms with E-state index in [1.54, 1.807) is 0 Å². The molecule has 1 aliphatic rings. The van der Waals surface area contributed by atoms with Crippen LogP contribution in [0.1, 0.15) is 12.0 Å². The maximum absolute atomic E-state index is 14.0. The second-order valence-corrected chi connectivity index (χ2v) is 4.33. The normalized spacial score (nSPS) is 29.5. The van der Waals surface area contributed by atoms with Crippen LogP contribution < -0.4 is 5.73 Å². The average molecular weight is 281 g/mol. The van der Waals surface area contributed by atoms with Gasteiger partial charge < -0.3 is 5.73 Å². The molecule has 2 N–H and O–H groups in total. The van der Waals surface area contributed by atoms with Gasteiger partial charge >= 0.3 is 0 Å². The Labute approximate surface area is 97.4 Å². The van der Waals surface area contributed by atoms with E-state index in [1.165, 1.54) is 0 Å². The van der Waals surface area contributed by atoms with Crippen molar-refractivity contribution < 1.29 is 4.39 Å². The van der Waals surface area contributed by atoms with E-state index in [0.717, 1.165) is 10.0 Å². The molecule has 1 fully saturated rings. The zero-order valence-corrected chi connectivity index (χ0v) is 9.94. The highest BCUT2D eigenvalue weighted by Gasteiger charge is 2.56. The molecule has 4 heteroatoms. The van der Waals surface area contributed by atoms with Gasteiger partial charge in [-0.2, -0.15) is 0 Å². The zero-order chi connectivity index (χ0) is 9.47. The number of hydrogen-bond donors (Lipinski definition) is 1. The molecule has 0 saturated heterocycles. The molecule has 1 aromatic rings. The fourth-order valence-corrected chi connectivity index (χ4v) is 2.31. The smallest absolute Gasteiger partial charge is 0.141 e. The Balaban J connectivity index is 0.000000980. The summed E-state index contributed by atoms with van der Waals surface area (Å²) >= 11 is 3.35. The quantitative estimate of drug-likeness (QED) is 0.885. The molecular formula is C10H12BrClFN. The van der Waals surface area contributed by atoms with Crippen molar-refractivity contribution in [1.82, 2.24) is 0 Å². The van der Waals surface area contributed by atoms with Crippen LogP contribution in [0.25, 0.3) is 0 Å². The average Bonchev–Trinajstić information content (AvgIpc) is 2.79. The molecule has 0 bridgehead atoms. The van der Waals surface area contributed by atoms with Gasteiger partial charge in [-0.15, -0.1) is 12.4 Å². The second kappa shape index (κ2) is 4.17. The number of rotatable bonds is 2. The molecular weight excluding hydrogens is 268 g/mol. The lowest BCUT2D eigenvalue weighted by Crippen LogP contribution is -2.10. The van der Waals surface area contributed by atoms with Gasteiger partial charge in [-0.1, -0.05) is 34.1 Å². The van der Waals surface area contributed by atoms with Crippen LogP contribution in [0, 0.1) is 5.92 Å². The zero-order valence-electron chi connectivity index (χ0n) is 7.54. The highest BCUT2D eigenvalue weighted by molar-refractivity contribution is 9.10. The van der Waals surface area contributed by atoms with Crippen LogP contribution >= 0.6 is 28.3 Å². The third-order valence-electron chi connectivity index (χ3n) is 2.64. The van der Waals surface area contributed by atoms with Gasteiger partial charge in [-0.05, 0) is 19.0 Å². The molecule has 2 rings (SSSR count). The van der Waals surface area contributed by atoms with E-state index in [-0.39, 0.29) is 18.3 Å². The molecule has 0 heterocycles. The lowest BCUT2D eigenvalue weighted by Gasteiger charge is -2.09. The number of hydrogen-bond acceptors (Lipinski definition) is 1. The van der Waals surface area contributed by atoms with Crippen LogP contribution in [0.2, 0.25) is 0 Å². The van der Waals surface area contributed by atoms with Crippen LogP contribution in [-0.4, -0.2) is 6.54 Å². The van der Waals surface area contributed by atoms with E-state index in [4.69, 9.17) is 5.73 Å². The molecule has 78 valence electrons. The van der Waals surface area contributed by atoms with Crippen molar-refractivity contribution in [2.24, 2.45) is 11.7 Å². The van der Waals surface area contributed by atoms with Crippen LogP contribution in [0.5, 0.6) is 0 Å². The molecule has 1 saturated carbocycles. The molecule has 1 aliphatic carbocycles. The minimum Gasteiger partial charge on any atom is -0.330 e. The lowest BCUT2D eigenvalue weighted by molar-refractivity contribution is 0.287. The minimum absolute atomic E-state index is 0. The van der Waals surface area contributed by atoms with Gasteiger partial charge in [0.25, 0.3) is 0 Å². The summed E-state index contributed by atoms with van der Waals surface area (Å²) in [6.45, 7) is 0.428. The van der Waals surface area contributed by atoms with Gasteiger partial charge in [0.1, 0.15) is 5.67 Å². The van der Waals surface area contributed by atoms with Crippen molar-refractivity contribution in [2.75, 3.05) is 6.54 Å². The first-order chi connectivity index (χ1) is 6.18. The third-order valence-corrected chi connectivity index (χ3v) is 3.33. The maximum atomic E-state index is 14.0. The Morgan fingerprint density at radius 3 is 2.64 bits per heavy atom. The van der Waals surface area contributed by atoms with Gasteiger partial charge in [0.15, 0.2) is 0 Å². The minimum atomic E-state index is -1.17. The third kappa shape index (κ3) is 1.81. The lowest BCUT2D eigenvalue weighted by atomic mass is 10.1. The van der Waals surface area contributed by atoms with Crippen molar-refractivity contribution in [3.05, 3.63) is 34.3 Å². The largest absolute Gasteiger partial charge is 0.330 e. The van der Waals surface area contributed by atoms with Gasteiger partial charge in [0.2, 0.25) is 0 Å². The molecule has 0 aliphatic heterocycles. The summed E-state index contributed by atoms with van der Waals surface area (Å²) in [5, 5.41) is 0. The van der Waals surface area contributed by atoms with E-state index in [2.05, 4.69) is 15.9 Å². The summed E-state index contributed by atoms with van der Waals surface area (Å²) in [6, 6.07) is 7.42. The van der Waals surface area contributed by atoms with Crippen molar-refractivity contribution in [3.8, 4) is 0 Å². The first-order valence-corrected chi connectivity index (χ1v) is 5.12. The molecule has 0 radical (unpaired) electrons. The Bertz CT molecular complexity index is 334. The number of nitrogens with two attached hydrogens (primary N) is 1. The topological polar surface area (TPSA) is 26.0 Å². The van der Waals surface area contributed by atoms with E-state index >= 15 is 0 Å². The fourth-order valence-electron chi connectivity index (χ4n) is 1.70.